The predicted octanol–water partition coefficient (Wildman–Crippen LogP) is 5.54. The van der Waals surface area contributed by atoms with Gasteiger partial charge in [0.05, 0.1) is 48.4 Å². The normalized spacial score (nSPS) is 19.0. The summed E-state index contributed by atoms with van der Waals surface area (Å²) in [6.07, 6.45) is 11.7. The molecule has 6 aliphatic heterocycles. The van der Waals surface area contributed by atoms with Crippen molar-refractivity contribution in [3.8, 4) is 45.9 Å². The Morgan fingerprint density at radius 2 is 1.00 bits per heavy atom. The van der Waals surface area contributed by atoms with E-state index < -0.39 is 0 Å². The first-order valence-electron chi connectivity index (χ1n) is 24.7. The van der Waals surface area contributed by atoms with Crippen molar-refractivity contribution in [2.75, 3.05) is 109 Å². The first kappa shape index (κ1) is 44.5. The molecule has 0 amide bonds. The zero-order valence-corrected chi connectivity index (χ0v) is 39.8. The van der Waals surface area contributed by atoms with E-state index in [1.807, 2.05) is 17.0 Å². The highest BCUT2D eigenvalue weighted by atomic mass is 16.5. The Balaban J connectivity index is 0.000000149. The molecule has 68 heavy (non-hydrogen) atoms. The number of imidazole rings is 2. The summed E-state index contributed by atoms with van der Waals surface area (Å²) in [7, 11) is 2.18. The Hall–Kier alpha value is -5.98. The molecule has 356 valence electrons. The van der Waals surface area contributed by atoms with E-state index in [2.05, 4.69) is 116 Å². The van der Waals surface area contributed by atoms with Crippen LogP contribution < -0.4 is 19.3 Å². The molecule has 4 saturated heterocycles. The van der Waals surface area contributed by atoms with E-state index >= 15 is 0 Å². The molecular formula is C51H64N14O3. The molecule has 6 aromatic rings. The summed E-state index contributed by atoms with van der Waals surface area (Å²) in [4.78, 5) is 43.3. The highest BCUT2D eigenvalue weighted by molar-refractivity contribution is 5.65. The predicted molar refractivity (Wildman–Crippen MR) is 262 cm³/mol. The molecule has 0 bridgehead atoms. The van der Waals surface area contributed by atoms with Gasteiger partial charge in [-0.15, -0.1) is 0 Å². The van der Waals surface area contributed by atoms with Crippen molar-refractivity contribution < 1.29 is 14.2 Å². The van der Waals surface area contributed by atoms with Gasteiger partial charge in [0.2, 0.25) is 11.6 Å². The number of nitrogens with zero attached hydrogens (tertiary/aromatic N) is 14. The Labute approximate surface area is 399 Å². The van der Waals surface area contributed by atoms with Crippen molar-refractivity contribution in [3.05, 3.63) is 96.4 Å². The SMILES string of the molecule is CC(C)N1CCN(c2ccc(-c3cnc4c(n3)OCc3nc(CN5CCCCC5)cn3-4)cc2)CC1.CN1CCN(c2ccc(-c3cnc4c(n3)OCc3nc(CN5CCOCC5)cn3-4)cc2)CC1. The smallest absolute Gasteiger partial charge is 0.259 e. The molecule has 4 aromatic heterocycles. The Bertz CT molecular complexity index is 2640. The van der Waals surface area contributed by atoms with Crippen molar-refractivity contribution in [2.45, 2.75) is 65.5 Å². The lowest BCUT2D eigenvalue weighted by atomic mass is 10.1. The standard InChI is InChI=1S/C27H35N7O.C24H29N7O2/c1-20(2)32-12-14-33(15-13-32)23-8-6-21(7-9-23)24-16-28-26-27(30-24)35-19-25-29-22(18-34(25)26)17-31-10-4-3-5-11-31;1-28-6-8-30(9-7-28)20-4-2-18(3-5-20)21-14-25-23-24(27-21)33-17-22-26-19(16-31(22)23)15-29-10-12-32-13-11-29/h6-9,16,18,20H,3-5,10-15,17,19H2,1-2H3;2-5,14,16H,6-13,15,17H2,1H3. The van der Waals surface area contributed by atoms with Crippen LogP contribution in [0.5, 0.6) is 11.8 Å². The number of anilines is 2. The van der Waals surface area contributed by atoms with E-state index in [1.165, 1.54) is 30.6 Å². The maximum Gasteiger partial charge on any atom is 0.259 e. The monoisotopic (exact) mass is 921 g/mol. The molecule has 17 heteroatoms. The van der Waals surface area contributed by atoms with Crippen LogP contribution >= 0.6 is 0 Å². The van der Waals surface area contributed by atoms with Crippen LogP contribution in [0.2, 0.25) is 0 Å². The molecule has 0 saturated carbocycles. The topological polar surface area (TPSA) is 134 Å². The molecule has 0 radical (unpaired) electrons. The maximum absolute atomic E-state index is 5.98. The molecular weight excluding hydrogens is 857 g/mol. The van der Waals surface area contributed by atoms with E-state index in [-0.39, 0.29) is 0 Å². The summed E-state index contributed by atoms with van der Waals surface area (Å²) in [5.41, 5.74) is 8.36. The molecule has 6 aliphatic rings. The summed E-state index contributed by atoms with van der Waals surface area (Å²) >= 11 is 0. The Morgan fingerprint density at radius 3 is 1.49 bits per heavy atom. The second-order valence-electron chi connectivity index (χ2n) is 19.1. The van der Waals surface area contributed by atoms with Gasteiger partial charge in [-0.05, 0) is 71.1 Å². The average molecular weight is 921 g/mol. The number of piperidine rings is 1. The number of likely N-dealkylation sites (N-methyl/N-ethyl adjacent to an activating group) is 1. The van der Waals surface area contributed by atoms with E-state index in [1.54, 1.807) is 0 Å². The number of hydrogen-bond donors (Lipinski definition) is 0. The van der Waals surface area contributed by atoms with E-state index in [0.717, 1.165) is 156 Å². The van der Waals surface area contributed by atoms with Crippen LogP contribution in [0.25, 0.3) is 34.2 Å². The number of likely N-dealkylation sites (tertiary alicyclic amines) is 1. The fourth-order valence-corrected chi connectivity index (χ4v) is 10.0. The van der Waals surface area contributed by atoms with Gasteiger partial charge < -0.3 is 28.9 Å². The second-order valence-corrected chi connectivity index (χ2v) is 19.1. The number of fused-ring (bicyclic) bond motifs is 6. The van der Waals surface area contributed by atoms with Gasteiger partial charge in [0.1, 0.15) is 13.2 Å². The van der Waals surface area contributed by atoms with Crippen LogP contribution in [0, 0.1) is 0 Å². The Morgan fingerprint density at radius 1 is 0.529 bits per heavy atom. The first-order chi connectivity index (χ1) is 33.4. The minimum absolute atomic E-state index is 0.399. The second kappa shape index (κ2) is 19.9. The van der Waals surface area contributed by atoms with Crippen molar-refractivity contribution in [1.29, 1.82) is 0 Å². The van der Waals surface area contributed by atoms with Crippen molar-refractivity contribution in [2.24, 2.45) is 0 Å². The molecule has 0 spiro atoms. The van der Waals surface area contributed by atoms with Crippen LogP contribution in [0.15, 0.2) is 73.3 Å². The highest BCUT2D eigenvalue weighted by Crippen LogP contribution is 2.32. The molecule has 17 nitrogen and oxygen atoms in total. The summed E-state index contributed by atoms with van der Waals surface area (Å²) in [6.45, 7) is 21.5. The van der Waals surface area contributed by atoms with Gasteiger partial charge in [0, 0.05) is 119 Å². The average Bonchev–Trinajstić information content (AvgIpc) is 4.01. The lowest BCUT2D eigenvalue weighted by molar-refractivity contribution is 0.0337. The molecule has 0 atom stereocenters. The first-order valence-corrected chi connectivity index (χ1v) is 24.7. The third-order valence-electron chi connectivity index (χ3n) is 14.2. The van der Waals surface area contributed by atoms with Crippen molar-refractivity contribution >= 4 is 11.4 Å². The number of ether oxygens (including phenoxy) is 3. The van der Waals surface area contributed by atoms with Gasteiger partial charge in [-0.2, -0.15) is 0 Å². The fourth-order valence-electron chi connectivity index (χ4n) is 10.0. The van der Waals surface area contributed by atoms with Gasteiger partial charge in [0.25, 0.3) is 11.8 Å². The zero-order valence-electron chi connectivity index (χ0n) is 39.8. The number of aromatic nitrogens is 8. The van der Waals surface area contributed by atoms with Crippen molar-refractivity contribution in [1.82, 2.24) is 58.6 Å². The minimum atomic E-state index is 0.399. The summed E-state index contributed by atoms with van der Waals surface area (Å²) in [5.74, 6) is 4.32. The zero-order chi connectivity index (χ0) is 46.0. The maximum atomic E-state index is 5.98. The largest absolute Gasteiger partial charge is 0.467 e. The highest BCUT2D eigenvalue weighted by Gasteiger charge is 2.26. The quantitative estimate of drug-likeness (QED) is 0.180. The molecule has 10 heterocycles. The van der Waals surface area contributed by atoms with Crippen molar-refractivity contribution in [3.63, 3.8) is 0 Å². The molecule has 2 aromatic carbocycles. The summed E-state index contributed by atoms with van der Waals surface area (Å²) < 4.78 is 21.4. The van der Waals surface area contributed by atoms with Crippen LogP contribution in [-0.4, -0.2) is 163 Å². The van der Waals surface area contributed by atoms with Gasteiger partial charge in [-0.3, -0.25) is 23.8 Å². The third kappa shape index (κ3) is 9.81. The van der Waals surface area contributed by atoms with Gasteiger partial charge >= 0.3 is 0 Å². The van der Waals surface area contributed by atoms with Gasteiger partial charge in [-0.25, -0.2) is 29.9 Å². The van der Waals surface area contributed by atoms with Crippen LogP contribution in [0.1, 0.15) is 56.1 Å². The van der Waals surface area contributed by atoms with Crippen LogP contribution in [0.3, 0.4) is 0 Å². The van der Waals surface area contributed by atoms with Crippen LogP contribution in [0.4, 0.5) is 11.4 Å². The number of morpholine rings is 1. The molecule has 0 N–H and O–H groups in total. The van der Waals surface area contributed by atoms with E-state index in [9.17, 15) is 0 Å². The third-order valence-corrected chi connectivity index (χ3v) is 14.2. The lowest BCUT2D eigenvalue weighted by Gasteiger charge is -2.38. The van der Waals surface area contributed by atoms with Gasteiger partial charge in [0.15, 0.2) is 11.6 Å². The molecule has 0 unspecified atom stereocenters. The fraction of sp³-hybridized carbons (Fsp3) is 0.490. The van der Waals surface area contributed by atoms with E-state index in [4.69, 9.17) is 44.1 Å². The van der Waals surface area contributed by atoms with E-state index in [0.29, 0.717) is 36.8 Å². The van der Waals surface area contributed by atoms with Crippen LogP contribution in [-0.2, 0) is 31.0 Å². The van der Waals surface area contributed by atoms with Gasteiger partial charge in [-0.1, -0.05) is 30.7 Å². The number of rotatable bonds is 9. The number of benzene rings is 2. The molecule has 0 aliphatic carbocycles. The summed E-state index contributed by atoms with van der Waals surface area (Å²) in [6, 6.07) is 17.9. The molecule has 4 fully saturated rings. The lowest BCUT2D eigenvalue weighted by Crippen LogP contribution is -2.48. The number of piperazine rings is 2. The molecule has 12 rings (SSSR count). The Kier molecular flexibility index (Phi) is 13.0. The minimum Gasteiger partial charge on any atom is -0.467 e. The summed E-state index contributed by atoms with van der Waals surface area (Å²) in [5, 5.41) is 0. The number of hydrogen-bond acceptors (Lipinski definition) is 15.